The van der Waals surface area contributed by atoms with Gasteiger partial charge in [0, 0.05) is 12.1 Å². The third-order valence-corrected chi connectivity index (χ3v) is 5.46. The van der Waals surface area contributed by atoms with Gasteiger partial charge in [0.2, 0.25) is 5.78 Å². The third kappa shape index (κ3) is 4.14. The molecule has 0 fully saturated rings. The number of benzene rings is 2. The van der Waals surface area contributed by atoms with Crippen LogP contribution in [0.15, 0.2) is 30.3 Å². The maximum atomic E-state index is 12.5. The Kier molecular flexibility index (Phi) is 5.81. The van der Waals surface area contributed by atoms with Gasteiger partial charge in [-0.2, -0.15) is 0 Å². The van der Waals surface area contributed by atoms with Crippen molar-refractivity contribution in [3.63, 3.8) is 0 Å². The molecule has 1 unspecified atom stereocenters. The summed E-state index contributed by atoms with van der Waals surface area (Å²) >= 11 is 24.1. The minimum Gasteiger partial charge on any atom is -0.331 e. The quantitative estimate of drug-likeness (QED) is 0.444. The maximum absolute atomic E-state index is 12.5. The highest BCUT2D eigenvalue weighted by Gasteiger charge is 2.29. The second-order valence-electron chi connectivity index (χ2n) is 5.66. The summed E-state index contributed by atoms with van der Waals surface area (Å²) in [6, 6.07) is 6.71. The number of carbonyl (C=O) groups excluding carboxylic acids is 3. The van der Waals surface area contributed by atoms with E-state index in [2.05, 4.69) is 16.0 Å². The molecular weight excluding hydrogens is 436 g/mol. The monoisotopic (exact) mass is 445 g/mol. The lowest BCUT2D eigenvalue weighted by atomic mass is 10.0. The average Bonchev–Trinajstić information content (AvgIpc) is 2.74. The third-order valence-electron chi connectivity index (χ3n) is 3.88. The first-order valence-electron chi connectivity index (χ1n) is 7.61. The van der Waals surface area contributed by atoms with Crippen LogP contribution in [0.2, 0.25) is 20.1 Å². The highest BCUT2D eigenvalue weighted by molar-refractivity contribution is 6.50. The molecule has 2 aromatic carbocycles. The molecule has 3 rings (SSSR count). The molecule has 0 saturated heterocycles. The average molecular weight is 447 g/mol. The lowest BCUT2D eigenvalue weighted by Crippen LogP contribution is -2.34. The summed E-state index contributed by atoms with van der Waals surface area (Å²) in [4.78, 5) is 36.3. The van der Waals surface area contributed by atoms with Crippen molar-refractivity contribution < 1.29 is 14.4 Å². The van der Waals surface area contributed by atoms with Crippen molar-refractivity contribution in [3.05, 3.63) is 56.0 Å². The number of amides is 3. The van der Waals surface area contributed by atoms with Gasteiger partial charge < -0.3 is 16.0 Å². The van der Waals surface area contributed by atoms with Gasteiger partial charge in [-0.1, -0.05) is 64.6 Å². The predicted octanol–water partition coefficient (Wildman–Crippen LogP) is 5.07. The van der Waals surface area contributed by atoms with Crippen LogP contribution in [0.5, 0.6) is 0 Å². The van der Waals surface area contributed by atoms with Crippen molar-refractivity contribution in [2.45, 2.75) is 12.5 Å². The molecule has 3 amide bonds. The van der Waals surface area contributed by atoms with Gasteiger partial charge in [-0.05, 0) is 17.7 Å². The van der Waals surface area contributed by atoms with Crippen molar-refractivity contribution in [3.8, 4) is 0 Å². The second kappa shape index (κ2) is 7.94. The Balaban J connectivity index is 1.86. The van der Waals surface area contributed by atoms with Crippen LogP contribution in [0.3, 0.4) is 0 Å². The van der Waals surface area contributed by atoms with Gasteiger partial charge in [0.05, 0.1) is 31.8 Å². The van der Waals surface area contributed by atoms with Crippen molar-refractivity contribution in [2.75, 3.05) is 10.6 Å². The summed E-state index contributed by atoms with van der Waals surface area (Å²) < 4.78 is 0. The molecule has 1 aliphatic rings. The summed E-state index contributed by atoms with van der Waals surface area (Å²) in [5, 5.41) is 7.93. The first-order chi connectivity index (χ1) is 12.8. The second-order valence-corrected chi connectivity index (χ2v) is 7.23. The molecule has 1 atom stereocenters. The number of hydrogen-bond donors (Lipinski definition) is 3. The van der Waals surface area contributed by atoms with Crippen LogP contribution in [0.1, 0.15) is 18.0 Å². The van der Waals surface area contributed by atoms with Crippen LogP contribution in [-0.2, 0) is 9.59 Å². The van der Waals surface area contributed by atoms with Crippen LogP contribution in [0.25, 0.3) is 0 Å². The molecule has 0 saturated carbocycles. The van der Waals surface area contributed by atoms with E-state index in [-0.39, 0.29) is 32.2 Å². The number of carbonyl (C=O) groups is 3. The Labute approximate surface area is 174 Å². The standard InChI is InChI=1S/C17H11Cl4N3O3/c18-8-5-9(19)14(21)15(13(8)20)24-17(27)23-11-6-12(25)16(26)22-10-4-2-1-3-7(10)11/h1-5,11H,6H2,(H,22,26)(H2,23,24,27). The number of Topliss-reactive ketones (excluding diaryl/α,β-unsaturated/α-hetero) is 1. The zero-order chi connectivity index (χ0) is 19.7. The first kappa shape index (κ1) is 19.8. The van der Waals surface area contributed by atoms with E-state index in [0.29, 0.717) is 11.3 Å². The molecule has 6 nitrogen and oxygen atoms in total. The molecule has 27 heavy (non-hydrogen) atoms. The Morgan fingerprint density at radius 3 is 2.33 bits per heavy atom. The van der Waals surface area contributed by atoms with Gasteiger partial charge >= 0.3 is 6.03 Å². The molecule has 0 bridgehead atoms. The normalized spacial score (nSPS) is 16.2. The van der Waals surface area contributed by atoms with Crippen LogP contribution in [0.4, 0.5) is 16.2 Å². The number of fused-ring (bicyclic) bond motifs is 1. The molecule has 0 aliphatic carbocycles. The number of anilines is 2. The summed E-state index contributed by atoms with van der Waals surface area (Å²) in [5.74, 6) is -1.39. The Morgan fingerprint density at radius 1 is 1.04 bits per heavy atom. The predicted molar refractivity (Wildman–Crippen MR) is 106 cm³/mol. The summed E-state index contributed by atoms with van der Waals surface area (Å²) in [6.45, 7) is 0. The van der Waals surface area contributed by atoms with Gasteiger partial charge in [0.1, 0.15) is 0 Å². The Hall–Kier alpha value is -1.99. The number of urea groups is 1. The number of halogens is 4. The van der Waals surface area contributed by atoms with E-state index < -0.39 is 23.8 Å². The molecule has 140 valence electrons. The molecule has 3 N–H and O–H groups in total. The molecule has 0 radical (unpaired) electrons. The van der Waals surface area contributed by atoms with E-state index in [9.17, 15) is 14.4 Å². The van der Waals surface area contributed by atoms with Crippen LogP contribution in [0, 0.1) is 0 Å². The summed E-state index contributed by atoms with van der Waals surface area (Å²) in [7, 11) is 0. The van der Waals surface area contributed by atoms with Gasteiger partial charge in [-0.3, -0.25) is 9.59 Å². The van der Waals surface area contributed by atoms with Crippen molar-refractivity contribution in [1.29, 1.82) is 0 Å². The SMILES string of the molecule is O=C(Nc1c(Cl)c(Cl)cc(Cl)c1Cl)NC1CC(=O)C(=O)Nc2ccccc21. The smallest absolute Gasteiger partial charge is 0.319 e. The molecular formula is C17H11Cl4N3O3. The number of hydrogen-bond acceptors (Lipinski definition) is 3. The number of para-hydroxylation sites is 1. The molecule has 0 aromatic heterocycles. The zero-order valence-electron chi connectivity index (χ0n) is 13.4. The lowest BCUT2D eigenvalue weighted by Gasteiger charge is -2.19. The summed E-state index contributed by atoms with van der Waals surface area (Å²) in [5.41, 5.74) is 1.07. The molecule has 1 heterocycles. The Bertz CT molecular complexity index is 938. The lowest BCUT2D eigenvalue weighted by molar-refractivity contribution is -0.134. The van der Waals surface area contributed by atoms with E-state index in [1.165, 1.54) is 6.07 Å². The van der Waals surface area contributed by atoms with E-state index in [1.54, 1.807) is 24.3 Å². The fourth-order valence-electron chi connectivity index (χ4n) is 2.61. The molecule has 2 aromatic rings. The first-order valence-corrected chi connectivity index (χ1v) is 9.12. The van der Waals surface area contributed by atoms with Crippen LogP contribution < -0.4 is 16.0 Å². The summed E-state index contributed by atoms with van der Waals surface area (Å²) in [6.07, 6.45) is -0.200. The fourth-order valence-corrected chi connectivity index (χ4v) is 3.52. The minimum atomic E-state index is -0.736. The number of rotatable bonds is 2. The van der Waals surface area contributed by atoms with Gasteiger partial charge in [0.25, 0.3) is 5.91 Å². The van der Waals surface area contributed by atoms with Crippen molar-refractivity contribution >= 4 is 75.5 Å². The molecule has 10 heteroatoms. The highest BCUT2D eigenvalue weighted by Crippen LogP contribution is 2.41. The molecule has 1 aliphatic heterocycles. The largest absolute Gasteiger partial charge is 0.331 e. The van der Waals surface area contributed by atoms with Crippen molar-refractivity contribution in [1.82, 2.24) is 5.32 Å². The van der Waals surface area contributed by atoms with E-state index in [0.717, 1.165) is 0 Å². The van der Waals surface area contributed by atoms with E-state index in [1.807, 2.05) is 0 Å². The van der Waals surface area contributed by atoms with Gasteiger partial charge in [-0.25, -0.2) is 4.79 Å². The Morgan fingerprint density at radius 2 is 1.67 bits per heavy atom. The van der Waals surface area contributed by atoms with Crippen molar-refractivity contribution in [2.24, 2.45) is 0 Å². The topological polar surface area (TPSA) is 87.3 Å². The van der Waals surface area contributed by atoms with Crippen LogP contribution >= 0.6 is 46.4 Å². The maximum Gasteiger partial charge on any atom is 0.319 e. The number of nitrogens with one attached hydrogen (secondary N) is 3. The fraction of sp³-hybridized carbons (Fsp3) is 0.118. The zero-order valence-corrected chi connectivity index (χ0v) is 16.4. The highest BCUT2D eigenvalue weighted by atomic mass is 35.5. The number of ketones is 1. The van der Waals surface area contributed by atoms with Gasteiger partial charge in [0.15, 0.2) is 0 Å². The van der Waals surface area contributed by atoms with E-state index >= 15 is 0 Å². The minimum absolute atomic E-state index is 0.0235. The molecule has 0 spiro atoms. The van der Waals surface area contributed by atoms with Gasteiger partial charge in [-0.15, -0.1) is 0 Å². The van der Waals surface area contributed by atoms with E-state index in [4.69, 9.17) is 46.4 Å². The van der Waals surface area contributed by atoms with Crippen LogP contribution in [-0.4, -0.2) is 17.7 Å².